The Labute approximate surface area is 138 Å². The van der Waals surface area contributed by atoms with Gasteiger partial charge in [-0.2, -0.15) is 5.26 Å². The summed E-state index contributed by atoms with van der Waals surface area (Å²) in [6.45, 7) is 2.26. The maximum atomic E-state index is 8.82. The Balaban J connectivity index is 1.70. The first kappa shape index (κ1) is 15.1. The lowest BCUT2D eigenvalue weighted by Crippen LogP contribution is -1.96. The van der Waals surface area contributed by atoms with Crippen LogP contribution in [0.1, 0.15) is 16.8 Å². The first-order valence-electron chi connectivity index (χ1n) is 6.99. The lowest BCUT2D eigenvalue weighted by atomic mass is 10.1. The zero-order valence-corrected chi connectivity index (χ0v) is 13.2. The largest absolute Gasteiger partial charge is 0.486 e. The van der Waals surface area contributed by atoms with E-state index >= 15 is 0 Å². The Bertz CT molecular complexity index is 863. The standard InChI is InChI=1S/C18H13ClN2O2/c1-12-2-5-14(6-3-12)18-21-15(11-23-18)10-22-17-7-4-13(9-20)8-16(17)19/h2-8,11H,10H2,1H3. The Hall–Kier alpha value is -2.77. The van der Waals surface area contributed by atoms with Gasteiger partial charge in [0.15, 0.2) is 0 Å². The van der Waals surface area contributed by atoms with Crippen LogP contribution in [0, 0.1) is 18.3 Å². The average Bonchev–Trinajstić information content (AvgIpc) is 3.03. The summed E-state index contributed by atoms with van der Waals surface area (Å²) in [4.78, 5) is 4.40. The van der Waals surface area contributed by atoms with Crippen LogP contribution in [0.4, 0.5) is 0 Å². The normalized spacial score (nSPS) is 10.3. The Morgan fingerprint density at radius 3 is 2.70 bits per heavy atom. The van der Waals surface area contributed by atoms with E-state index in [1.807, 2.05) is 37.3 Å². The smallest absolute Gasteiger partial charge is 0.226 e. The highest BCUT2D eigenvalue weighted by Gasteiger charge is 2.09. The number of hydrogen-bond acceptors (Lipinski definition) is 4. The molecule has 1 aromatic heterocycles. The lowest BCUT2D eigenvalue weighted by molar-refractivity contribution is 0.301. The third kappa shape index (κ3) is 3.53. The first-order valence-corrected chi connectivity index (χ1v) is 7.37. The van der Waals surface area contributed by atoms with Gasteiger partial charge in [-0.25, -0.2) is 4.98 Å². The minimum absolute atomic E-state index is 0.237. The Morgan fingerprint density at radius 1 is 1.22 bits per heavy atom. The number of benzene rings is 2. The maximum absolute atomic E-state index is 8.82. The topological polar surface area (TPSA) is 59.0 Å². The van der Waals surface area contributed by atoms with Gasteiger partial charge in [-0.3, -0.25) is 0 Å². The predicted molar refractivity (Wildman–Crippen MR) is 87.2 cm³/mol. The SMILES string of the molecule is Cc1ccc(-c2nc(COc3ccc(C#N)cc3Cl)co2)cc1. The summed E-state index contributed by atoms with van der Waals surface area (Å²) in [6.07, 6.45) is 1.56. The van der Waals surface area contributed by atoms with Gasteiger partial charge < -0.3 is 9.15 Å². The van der Waals surface area contributed by atoms with Crippen LogP contribution in [0.15, 0.2) is 53.1 Å². The van der Waals surface area contributed by atoms with E-state index in [0.717, 1.165) is 5.56 Å². The van der Waals surface area contributed by atoms with Gasteiger partial charge in [-0.05, 0) is 37.3 Å². The number of aromatic nitrogens is 1. The van der Waals surface area contributed by atoms with Crippen LogP contribution >= 0.6 is 11.6 Å². The van der Waals surface area contributed by atoms with E-state index in [1.165, 1.54) is 5.56 Å². The molecular weight excluding hydrogens is 312 g/mol. The van der Waals surface area contributed by atoms with Crippen molar-refractivity contribution in [3.63, 3.8) is 0 Å². The second-order valence-electron chi connectivity index (χ2n) is 5.06. The van der Waals surface area contributed by atoms with Gasteiger partial charge in [-0.1, -0.05) is 29.3 Å². The molecule has 0 spiro atoms. The van der Waals surface area contributed by atoms with Crippen LogP contribution in [-0.4, -0.2) is 4.98 Å². The summed E-state index contributed by atoms with van der Waals surface area (Å²) in [5.41, 5.74) is 3.25. The van der Waals surface area contributed by atoms with Crippen LogP contribution in [0.3, 0.4) is 0 Å². The number of oxazole rings is 1. The molecule has 23 heavy (non-hydrogen) atoms. The van der Waals surface area contributed by atoms with Crippen molar-refractivity contribution in [2.45, 2.75) is 13.5 Å². The minimum Gasteiger partial charge on any atom is -0.486 e. The van der Waals surface area contributed by atoms with Crippen LogP contribution < -0.4 is 4.74 Å². The van der Waals surface area contributed by atoms with E-state index < -0.39 is 0 Å². The molecule has 0 aliphatic rings. The van der Waals surface area contributed by atoms with E-state index in [2.05, 4.69) is 4.98 Å². The summed E-state index contributed by atoms with van der Waals surface area (Å²) in [5.74, 6) is 1.06. The molecule has 2 aromatic carbocycles. The average molecular weight is 325 g/mol. The first-order chi connectivity index (χ1) is 11.2. The highest BCUT2D eigenvalue weighted by molar-refractivity contribution is 6.32. The van der Waals surface area contributed by atoms with Gasteiger partial charge in [0.05, 0.1) is 16.7 Å². The maximum Gasteiger partial charge on any atom is 0.226 e. The molecule has 4 nitrogen and oxygen atoms in total. The van der Waals surface area contributed by atoms with E-state index in [0.29, 0.717) is 27.9 Å². The van der Waals surface area contributed by atoms with Crippen molar-refractivity contribution in [3.05, 3.63) is 70.6 Å². The molecule has 3 rings (SSSR count). The number of hydrogen-bond donors (Lipinski definition) is 0. The zero-order chi connectivity index (χ0) is 16.2. The zero-order valence-electron chi connectivity index (χ0n) is 12.4. The fourth-order valence-electron chi connectivity index (χ4n) is 2.04. The van der Waals surface area contributed by atoms with Gasteiger partial charge >= 0.3 is 0 Å². The minimum atomic E-state index is 0.237. The van der Waals surface area contributed by atoms with Gasteiger partial charge in [0.1, 0.15) is 24.3 Å². The molecule has 3 aromatic rings. The van der Waals surface area contributed by atoms with E-state index in [4.69, 9.17) is 26.0 Å². The molecule has 1 heterocycles. The fourth-order valence-corrected chi connectivity index (χ4v) is 2.28. The van der Waals surface area contributed by atoms with Gasteiger partial charge in [-0.15, -0.1) is 0 Å². The number of ether oxygens (including phenoxy) is 1. The van der Waals surface area contributed by atoms with Crippen LogP contribution in [0.5, 0.6) is 5.75 Å². The molecule has 0 amide bonds. The molecule has 114 valence electrons. The van der Waals surface area contributed by atoms with Crippen molar-refractivity contribution < 1.29 is 9.15 Å². The third-order valence-electron chi connectivity index (χ3n) is 3.29. The Kier molecular flexibility index (Phi) is 4.31. The Morgan fingerprint density at radius 2 is 2.00 bits per heavy atom. The van der Waals surface area contributed by atoms with Crippen molar-refractivity contribution >= 4 is 11.6 Å². The number of rotatable bonds is 4. The van der Waals surface area contributed by atoms with Crippen molar-refractivity contribution in [1.29, 1.82) is 5.26 Å². The monoisotopic (exact) mass is 324 g/mol. The summed E-state index contributed by atoms with van der Waals surface area (Å²) in [6, 6.07) is 14.9. The van der Waals surface area contributed by atoms with Crippen LogP contribution in [0.2, 0.25) is 5.02 Å². The van der Waals surface area contributed by atoms with Gasteiger partial charge in [0.25, 0.3) is 0 Å². The molecule has 5 heteroatoms. The number of halogens is 1. The lowest BCUT2D eigenvalue weighted by Gasteiger charge is -2.05. The van der Waals surface area contributed by atoms with E-state index in [1.54, 1.807) is 24.5 Å². The molecule has 0 fully saturated rings. The van der Waals surface area contributed by atoms with E-state index in [-0.39, 0.29) is 6.61 Å². The van der Waals surface area contributed by atoms with Gasteiger partial charge in [0, 0.05) is 5.56 Å². The number of nitriles is 1. The quantitative estimate of drug-likeness (QED) is 0.694. The second kappa shape index (κ2) is 6.55. The summed E-state index contributed by atoms with van der Waals surface area (Å²) >= 11 is 6.07. The highest BCUT2D eigenvalue weighted by Crippen LogP contribution is 2.26. The molecule has 0 aliphatic heterocycles. The van der Waals surface area contributed by atoms with Crippen molar-refractivity contribution in [2.75, 3.05) is 0 Å². The molecule has 0 bridgehead atoms. The van der Waals surface area contributed by atoms with E-state index in [9.17, 15) is 0 Å². The fraction of sp³-hybridized carbons (Fsp3) is 0.111. The summed E-state index contributed by atoms with van der Waals surface area (Å²) in [7, 11) is 0. The predicted octanol–water partition coefficient (Wildman–Crippen LogP) is 4.75. The van der Waals surface area contributed by atoms with Crippen LogP contribution in [-0.2, 0) is 6.61 Å². The molecule has 0 radical (unpaired) electrons. The van der Waals surface area contributed by atoms with Gasteiger partial charge in [0.2, 0.25) is 5.89 Å². The molecule has 0 N–H and O–H groups in total. The molecule has 0 unspecified atom stereocenters. The molecule has 0 aliphatic carbocycles. The second-order valence-corrected chi connectivity index (χ2v) is 5.46. The summed E-state index contributed by atoms with van der Waals surface area (Å²) < 4.78 is 11.1. The molecule has 0 saturated carbocycles. The van der Waals surface area contributed by atoms with Crippen molar-refractivity contribution in [1.82, 2.24) is 4.98 Å². The van der Waals surface area contributed by atoms with Crippen LogP contribution in [0.25, 0.3) is 11.5 Å². The highest BCUT2D eigenvalue weighted by atomic mass is 35.5. The van der Waals surface area contributed by atoms with Crippen molar-refractivity contribution in [2.24, 2.45) is 0 Å². The number of aryl methyl sites for hydroxylation is 1. The molecule has 0 atom stereocenters. The summed E-state index contributed by atoms with van der Waals surface area (Å²) in [5, 5.41) is 9.21. The number of nitrogens with zero attached hydrogens (tertiary/aromatic N) is 2. The third-order valence-corrected chi connectivity index (χ3v) is 3.58. The van der Waals surface area contributed by atoms with Crippen molar-refractivity contribution in [3.8, 4) is 23.3 Å². The molecule has 0 saturated heterocycles. The molecular formula is C18H13ClN2O2.